The molecule has 2 aromatic heterocycles. The number of aromatic nitrogens is 2. The highest BCUT2D eigenvalue weighted by Crippen LogP contribution is 2.28. The van der Waals surface area contributed by atoms with Gasteiger partial charge in [0, 0.05) is 5.39 Å². The van der Waals surface area contributed by atoms with E-state index in [1.54, 1.807) is 12.1 Å². The van der Waals surface area contributed by atoms with Gasteiger partial charge in [-0.05, 0) is 45.0 Å². The zero-order valence-electron chi connectivity index (χ0n) is 14.3. The maximum Gasteiger partial charge on any atom is 0.419 e. The van der Waals surface area contributed by atoms with Gasteiger partial charge in [-0.1, -0.05) is 24.3 Å². The van der Waals surface area contributed by atoms with Crippen molar-refractivity contribution in [1.82, 2.24) is 9.55 Å². The second-order valence-corrected chi connectivity index (χ2v) is 6.68. The van der Waals surface area contributed by atoms with E-state index in [0.29, 0.717) is 16.9 Å². The Hall–Kier alpha value is -3.15. The number of amides is 1. The SMILES string of the molecule is CC(C)(C)OC(=O)n1c(-c2cccc(C(N)=O)n2)cc2ccccc21. The van der Waals surface area contributed by atoms with Crippen LogP contribution in [0, 0.1) is 0 Å². The number of carbonyl (C=O) groups is 2. The second kappa shape index (κ2) is 6.05. The molecule has 2 N–H and O–H groups in total. The summed E-state index contributed by atoms with van der Waals surface area (Å²) >= 11 is 0. The Balaban J connectivity index is 2.21. The second-order valence-electron chi connectivity index (χ2n) is 6.68. The summed E-state index contributed by atoms with van der Waals surface area (Å²) < 4.78 is 7.00. The van der Waals surface area contributed by atoms with E-state index in [2.05, 4.69) is 4.98 Å². The molecule has 0 atom stereocenters. The minimum Gasteiger partial charge on any atom is -0.443 e. The molecule has 0 radical (unpaired) electrons. The minimum atomic E-state index is -0.637. The quantitative estimate of drug-likeness (QED) is 0.774. The highest BCUT2D eigenvalue weighted by molar-refractivity contribution is 5.96. The summed E-state index contributed by atoms with van der Waals surface area (Å²) in [6.07, 6.45) is -0.505. The summed E-state index contributed by atoms with van der Waals surface area (Å²) in [6, 6.07) is 14.2. The molecule has 6 heteroatoms. The molecule has 0 fully saturated rings. The van der Waals surface area contributed by atoms with Gasteiger partial charge in [0.2, 0.25) is 0 Å². The number of pyridine rings is 1. The first-order chi connectivity index (χ1) is 11.8. The molecule has 0 saturated carbocycles. The summed E-state index contributed by atoms with van der Waals surface area (Å²) in [5.41, 5.74) is 6.54. The average Bonchev–Trinajstić information content (AvgIpc) is 2.93. The fourth-order valence-electron chi connectivity index (χ4n) is 2.56. The first-order valence-electron chi connectivity index (χ1n) is 7.87. The van der Waals surface area contributed by atoms with Crippen molar-refractivity contribution in [3.63, 3.8) is 0 Å². The maximum absolute atomic E-state index is 12.8. The predicted molar refractivity (Wildman–Crippen MR) is 95.3 cm³/mol. The number of primary amides is 1. The molecule has 6 nitrogen and oxygen atoms in total. The van der Waals surface area contributed by atoms with Crippen molar-refractivity contribution in [3.05, 3.63) is 54.2 Å². The van der Waals surface area contributed by atoms with Crippen molar-refractivity contribution in [1.29, 1.82) is 0 Å². The summed E-state index contributed by atoms with van der Waals surface area (Å²) in [6.45, 7) is 5.42. The van der Waals surface area contributed by atoms with Gasteiger partial charge in [-0.2, -0.15) is 0 Å². The number of benzene rings is 1. The van der Waals surface area contributed by atoms with E-state index in [-0.39, 0.29) is 5.69 Å². The fourth-order valence-corrected chi connectivity index (χ4v) is 2.56. The number of nitrogens with two attached hydrogens (primary N) is 1. The van der Waals surface area contributed by atoms with Crippen LogP contribution < -0.4 is 5.73 Å². The van der Waals surface area contributed by atoms with Gasteiger partial charge < -0.3 is 10.5 Å². The van der Waals surface area contributed by atoms with E-state index >= 15 is 0 Å². The third kappa shape index (κ3) is 3.38. The monoisotopic (exact) mass is 337 g/mol. The lowest BCUT2D eigenvalue weighted by Gasteiger charge is -2.21. The lowest BCUT2D eigenvalue weighted by atomic mass is 10.2. The van der Waals surface area contributed by atoms with E-state index in [9.17, 15) is 9.59 Å². The van der Waals surface area contributed by atoms with Gasteiger partial charge in [0.05, 0.1) is 16.9 Å². The molecule has 2 heterocycles. The highest BCUT2D eigenvalue weighted by Gasteiger charge is 2.23. The summed E-state index contributed by atoms with van der Waals surface area (Å²) in [7, 11) is 0. The molecule has 128 valence electrons. The number of carbonyl (C=O) groups excluding carboxylic acids is 2. The molecule has 0 saturated heterocycles. The highest BCUT2D eigenvalue weighted by atomic mass is 16.6. The molecule has 0 aliphatic rings. The van der Waals surface area contributed by atoms with E-state index in [0.717, 1.165) is 5.39 Å². The van der Waals surface area contributed by atoms with Crippen LogP contribution in [0.5, 0.6) is 0 Å². The van der Waals surface area contributed by atoms with Gasteiger partial charge >= 0.3 is 6.09 Å². The van der Waals surface area contributed by atoms with E-state index in [4.69, 9.17) is 10.5 Å². The van der Waals surface area contributed by atoms with Crippen LogP contribution in [0.4, 0.5) is 4.79 Å². The number of fused-ring (bicyclic) bond motifs is 1. The van der Waals surface area contributed by atoms with Gasteiger partial charge in [0.25, 0.3) is 5.91 Å². The van der Waals surface area contributed by atoms with Crippen molar-refractivity contribution in [2.75, 3.05) is 0 Å². The number of ether oxygens (including phenoxy) is 1. The lowest BCUT2D eigenvalue weighted by molar-refractivity contribution is 0.0547. The van der Waals surface area contributed by atoms with Gasteiger partial charge in [0.1, 0.15) is 11.3 Å². The van der Waals surface area contributed by atoms with Crippen molar-refractivity contribution >= 4 is 22.9 Å². The molecule has 3 aromatic rings. The third-order valence-electron chi connectivity index (χ3n) is 3.55. The number of hydrogen-bond acceptors (Lipinski definition) is 4. The average molecular weight is 337 g/mol. The Bertz CT molecular complexity index is 967. The number of para-hydroxylation sites is 1. The fraction of sp³-hybridized carbons (Fsp3) is 0.211. The van der Waals surface area contributed by atoms with Crippen LogP contribution >= 0.6 is 0 Å². The molecule has 0 unspecified atom stereocenters. The van der Waals surface area contributed by atoms with Crippen LogP contribution in [-0.4, -0.2) is 27.2 Å². The smallest absolute Gasteiger partial charge is 0.419 e. The van der Waals surface area contributed by atoms with Gasteiger partial charge in [0.15, 0.2) is 0 Å². The predicted octanol–water partition coefficient (Wildman–Crippen LogP) is 3.59. The van der Waals surface area contributed by atoms with Crippen molar-refractivity contribution in [2.24, 2.45) is 5.73 Å². The number of nitrogens with zero attached hydrogens (tertiary/aromatic N) is 2. The van der Waals surface area contributed by atoms with E-state index in [1.165, 1.54) is 10.6 Å². The maximum atomic E-state index is 12.8. The number of rotatable bonds is 2. The molecule has 25 heavy (non-hydrogen) atoms. The lowest BCUT2D eigenvalue weighted by Crippen LogP contribution is -2.27. The Morgan fingerprint density at radius 3 is 2.48 bits per heavy atom. The Kier molecular flexibility index (Phi) is 4.04. The number of hydrogen-bond donors (Lipinski definition) is 1. The molecule has 0 aliphatic carbocycles. The standard InChI is InChI=1S/C19H19N3O3/c1-19(2,3)25-18(24)22-15-10-5-4-7-12(15)11-16(22)13-8-6-9-14(21-13)17(20)23/h4-11H,1-3H3,(H2,20,23). The van der Waals surface area contributed by atoms with Crippen LogP contribution in [0.3, 0.4) is 0 Å². The third-order valence-corrected chi connectivity index (χ3v) is 3.55. The summed E-state index contributed by atoms with van der Waals surface area (Å²) in [5.74, 6) is -0.623. The molecular weight excluding hydrogens is 318 g/mol. The summed E-state index contributed by atoms with van der Waals surface area (Å²) in [5, 5.41) is 0.870. The largest absolute Gasteiger partial charge is 0.443 e. The molecular formula is C19H19N3O3. The van der Waals surface area contributed by atoms with E-state index in [1.807, 2.05) is 51.1 Å². The van der Waals surface area contributed by atoms with Crippen molar-refractivity contribution < 1.29 is 14.3 Å². The van der Waals surface area contributed by atoms with Gasteiger partial charge in [-0.25, -0.2) is 14.3 Å². The van der Waals surface area contributed by atoms with Crippen LogP contribution in [-0.2, 0) is 4.74 Å². The van der Waals surface area contributed by atoms with Crippen molar-refractivity contribution in [2.45, 2.75) is 26.4 Å². The van der Waals surface area contributed by atoms with Crippen molar-refractivity contribution in [3.8, 4) is 11.4 Å². The minimum absolute atomic E-state index is 0.137. The molecule has 0 bridgehead atoms. The Labute approximate surface area is 145 Å². The molecule has 0 aliphatic heterocycles. The van der Waals surface area contributed by atoms with Crippen LogP contribution in [0.25, 0.3) is 22.3 Å². The molecule has 1 aromatic carbocycles. The Morgan fingerprint density at radius 2 is 1.80 bits per heavy atom. The van der Waals surface area contributed by atoms with Gasteiger partial charge in [-0.15, -0.1) is 0 Å². The van der Waals surface area contributed by atoms with Crippen LogP contribution in [0.15, 0.2) is 48.5 Å². The van der Waals surface area contributed by atoms with Crippen LogP contribution in [0.2, 0.25) is 0 Å². The Morgan fingerprint density at radius 1 is 1.08 bits per heavy atom. The van der Waals surface area contributed by atoms with Crippen LogP contribution in [0.1, 0.15) is 31.3 Å². The molecule has 3 rings (SSSR count). The van der Waals surface area contributed by atoms with E-state index < -0.39 is 17.6 Å². The topological polar surface area (TPSA) is 87.2 Å². The first-order valence-corrected chi connectivity index (χ1v) is 7.87. The zero-order chi connectivity index (χ0) is 18.2. The zero-order valence-corrected chi connectivity index (χ0v) is 14.3. The molecule has 1 amide bonds. The van der Waals surface area contributed by atoms with Gasteiger partial charge in [-0.3, -0.25) is 4.79 Å². The normalized spacial score (nSPS) is 11.5. The molecule has 0 spiro atoms. The summed E-state index contributed by atoms with van der Waals surface area (Å²) in [4.78, 5) is 28.5. The first kappa shape index (κ1) is 16.7.